The number of nitrogens with zero attached hydrogens (tertiary/aromatic N) is 2. The molecule has 4 rings (SSSR count). The van der Waals surface area contributed by atoms with Gasteiger partial charge in [-0.3, -0.25) is 0 Å². The Balaban J connectivity index is 1.36. The first kappa shape index (κ1) is 16.2. The number of thiophene rings is 2. The van der Waals surface area contributed by atoms with Crippen LogP contribution < -0.4 is 9.64 Å². The Bertz CT molecular complexity index is 943. The molecule has 3 aromatic heterocycles. The van der Waals surface area contributed by atoms with Gasteiger partial charge in [0, 0.05) is 19.2 Å². The van der Waals surface area contributed by atoms with Crippen molar-refractivity contribution < 1.29 is 9.26 Å². The summed E-state index contributed by atoms with van der Waals surface area (Å²) < 4.78 is 12.4. The Labute approximate surface area is 154 Å². The molecule has 1 aromatic carbocycles. The highest BCUT2D eigenvalue weighted by Gasteiger charge is 2.12. The normalized spacial score (nSPS) is 11.1. The summed E-state index contributed by atoms with van der Waals surface area (Å²) in [6.45, 7) is 1.66. The lowest BCUT2D eigenvalue weighted by atomic mass is 10.1. The van der Waals surface area contributed by atoms with E-state index in [1.54, 1.807) is 22.7 Å². The van der Waals surface area contributed by atoms with Gasteiger partial charge in [0.15, 0.2) is 5.58 Å². The molecule has 4 aromatic rings. The molecule has 0 atom stereocenters. The Morgan fingerprint density at radius 1 is 1.12 bits per heavy atom. The maximum atomic E-state index is 5.93. The van der Waals surface area contributed by atoms with Crippen LogP contribution in [0.25, 0.3) is 21.5 Å². The molecule has 25 heavy (non-hydrogen) atoms. The van der Waals surface area contributed by atoms with E-state index in [2.05, 4.69) is 34.6 Å². The number of aromatic nitrogens is 1. The van der Waals surface area contributed by atoms with Gasteiger partial charge in [0.05, 0.1) is 11.6 Å². The first-order valence-electron chi connectivity index (χ1n) is 8.12. The maximum Gasteiger partial charge on any atom is 0.178 e. The van der Waals surface area contributed by atoms with Crippen molar-refractivity contribution in [2.24, 2.45) is 0 Å². The van der Waals surface area contributed by atoms with E-state index in [1.165, 1.54) is 5.00 Å². The van der Waals surface area contributed by atoms with Crippen LogP contribution in [0.2, 0.25) is 0 Å². The molecule has 0 aliphatic heterocycles. The van der Waals surface area contributed by atoms with Crippen molar-refractivity contribution in [3.63, 3.8) is 0 Å². The molecule has 0 aliphatic rings. The van der Waals surface area contributed by atoms with E-state index in [0.717, 1.165) is 40.3 Å². The minimum absolute atomic E-state index is 0.687. The van der Waals surface area contributed by atoms with Gasteiger partial charge in [-0.05, 0) is 47.5 Å². The molecular formula is C19H18N2O2S2. The molecule has 0 aliphatic carbocycles. The van der Waals surface area contributed by atoms with Crippen LogP contribution in [0.1, 0.15) is 6.42 Å². The van der Waals surface area contributed by atoms with E-state index in [-0.39, 0.29) is 0 Å². The van der Waals surface area contributed by atoms with Gasteiger partial charge in [0.1, 0.15) is 16.1 Å². The predicted octanol–water partition coefficient (Wildman–Crippen LogP) is 5.52. The Morgan fingerprint density at radius 3 is 2.96 bits per heavy atom. The second-order valence-electron chi connectivity index (χ2n) is 5.75. The van der Waals surface area contributed by atoms with Gasteiger partial charge >= 0.3 is 0 Å². The first-order valence-corrected chi connectivity index (χ1v) is 9.88. The molecule has 0 radical (unpaired) electrons. The number of ether oxygens (including phenoxy) is 1. The molecule has 4 nitrogen and oxygen atoms in total. The van der Waals surface area contributed by atoms with Gasteiger partial charge in [0.2, 0.25) is 0 Å². The summed E-state index contributed by atoms with van der Waals surface area (Å²) in [6.07, 6.45) is 0.970. The van der Waals surface area contributed by atoms with Crippen molar-refractivity contribution in [2.75, 3.05) is 25.1 Å². The third-order valence-corrected chi connectivity index (χ3v) is 5.86. The number of hydrogen-bond donors (Lipinski definition) is 0. The Morgan fingerprint density at radius 2 is 2.08 bits per heavy atom. The number of hydrogen-bond acceptors (Lipinski definition) is 6. The zero-order valence-corrected chi connectivity index (χ0v) is 15.5. The van der Waals surface area contributed by atoms with Crippen LogP contribution in [-0.2, 0) is 0 Å². The van der Waals surface area contributed by atoms with Crippen molar-refractivity contribution in [1.82, 2.24) is 5.16 Å². The third-order valence-electron chi connectivity index (χ3n) is 3.98. The van der Waals surface area contributed by atoms with Gasteiger partial charge in [-0.2, -0.15) is 0 Å². The van der Waals surface area contributed by atoms with Gasteiger partial charge in [0.25, 0.3) is 0 Å². The Hall–Kier alpha value is -2.31. The number of fused-ring (bicyclic) bond motifs is 1. The molecule has 0 amide bonds. The fourth-order valence-electron chi connectivity index (χ4n) is 2.68. The lowest BCUT2D eigenvalue weighted by Crippen LogP contribution is -2.19. The molecule has 128 valence electrons. The van der Waals surface area contributed by atoms with Gasteiger partial charge in [-0.15, -0.1) is 22.7 Å². The SMILES string of the molecule is CN(CCCOc1cccc(-c2noc3ccsc23)c1)c1cccs1. The minimum atomic E-state index is 0.687. The number of rotatable bonds is 7. The van der Waals surface area contributed by atoms with E-state index in [0.29, 0.717) is 6.61 Å². The highest BCUT2D eigenvalue weighted by atomic mass is 32.1. The second-order valence-corrected chi connectivity index (χ2v) is 7.59. The average molecular weight is 370 g/mol. The van der Waals surface area contributed by atoms with Crippen molar-refractivity contribution in [1.29, 1.82) is 0 Å². The summed E-state index contributed by atoms with van der Waals surface area (Å²) in [5, 5.41) is 9.59. The highest BCUT2D eigenvalue weighted by molar-refractivity contribution is 7.17. The Kier molecular flexibility index (Phi) is 4.72. The van der Waals surface area contributed by atoms with E-state index < -0.39 is 0 Å². The summed E-state index contributed by atoms with van der Waals surface area (Å²) in [5.74, 6) is 0.865. The first-order chi connectivity index (χ1) is 12.3. The molecule has 0 spiro atoms. The molecule has 0 bridgehead atoms. The van der Waals surface area contributed by atoms with Crippen molar-refractivity contribution in [3.05, 3.63) is 53.2 Å². The fourth-order valence-corrected chi connectivity index (χ4v) is 4.23. The summed E-state index contributed by atoms with van der Waals surface area (Å²) in [6, 6.07) is 14.2. The van der Waals surface area contributed by atoms with Crippen LogP contribution in [0.4, 0.5) is 5.00 Å². The van der Waals surface area contributed by atoms with Crippen molar-refractivity contribution in [3.8, 4) is 17.0 Å². The standard InChI is InChI=1S/C19H18N2O2S2/c1-21(17-7-3-11-24-17)9-4-10-22-15-6-2-5-14(13-15)18-19-16(23-20-18)8-12-25-19/h2-3,5-8,11-13H,4,9-10H2,1H3. The average Bonchev–Trinajstić information content (AvgIpc) is 3.36. The van der Waals surface area contributed by atoms with Crippen LogP contribution in [-0.4, -0.2) is 25.4 Å². The van der Waals surface area contributed by atoms with Gasteiger partial charge in [-0.25, -0.2) is 0 Å². The zero-order valence-electron chi connectivity index (χ0n) is 13.8. The monoisotopic (exact) mass is 370 g/mol. The largest absolute Gasteiger partial charge is 0.494 e. The molecule has 3 heterocycles. The lowest BCUT2D eigenvalue weighted by Gasteiger charge is -2.17. The summed E-state index contributed by atoms with van der Waals surface area (Å²) in [5.41, 5.74) is 2.74. The molecule has 0 saturated heterocycles. The molecule has 0 N–H and O–H groups in total. The van der Waals surface area contributed by atoms with Crippen LogP contribution in [0.15, 0.2) is 57.7 Å². The van der Waals surface area contributed by atoms with Crippen molar-refractivity contribution >= 4 is 38.0 Å². The van der Waals surface area contributed by atoms with Crippen molar-refractivity contribution in [2.45, 2.75) is 6.42 Å². The molecular weight excluding hydrogens is 352 g/mol. The van der Waals surface area contributed by atoms with E-state index in [4.69, 9.17) is 9.26 Å². The molecule has 0 saturated carbocycles. The maximum absolute atomic E-state index is 5.93. The van der Waals surface area contributed by atoms with Crippen LogP contribution >= 0.6 is 22.7 Å². The zero-order chi connectivity index (χ0) is 17.1. The molecule has 6 heteroatoms. The number of anilines is 1. The molecule has 0 unspecified atom stereocenters. The predicted molar refractivity (Wildman–Crippen MR) is 105 cm³/mol. The second kappa shape index (κ2) is 7.29. The lowest BCUT2D eigenvalue weighted by molar-refractivity contribution is 0.313. The third kappa shape index (κ3) is 3.55. The van der Waals surface area contributed by atoms with E-state index in [9.17, 15) is 0 Å². The van der Waals surface area contributed by atoms with E-state index >= 15 is 0 Å². The van der Waals surface area contributed by atoms with Gasteiger partial charge in [-0.1, -0.05) is 17.3 Å². The van der Waals surface area contributed by atoms with Crippen LogP contribution in [0.3, 0.4) is 0 Å². The number of benzene rings is 1. The topological polar surface area (TPSA) is 38.5 Å². The van der Waals surface area contributed by atoms with E-state index in [1.807, 2.05) is 35.7 Å². The van der Waals surface area contributed by atoms with Crippen LogP contribution in [0.5, 0.6) is 5.75 Å². The van der Waals surface area contributed by atoms with Gasteiger partial charge < -0.3 is 14.2 Å². The molecule has 0 fully saturated rings. The van der Waals surface area contributed by atoms with Crippen LogP contribution in [0, 0.1) is 0 Å². The smallest absolute Gasteiger partial charge is 0.178 e. The summed E-state index contributed by atoms with van der Waals surface area (Å²) in [4.78, 5) is 2.26. The summed E-state index contributed by atoms with van der Waals surface area (Å²) in [7, 11) is 2.11. The minimum Gasteiger partial charge on any atom is -0.494 e. The summed E-state index contributed by atoms with van der Waals surface area (Å²) >= 11 is 3.40. The highest BCUT2D eigenvalue weighted by Crippen LogP contribution is 2.33. The quantitative estimate of drug-likeness (QED) is 0.401. The fraction of sp³-hybridized carbons (Fsp3) is 0.211.